The van der Waals surface area contributed by atoms with Crippen LogP contribution in [0.2, 0.25) is 5.02 Å². The zero-order valence-electron chi connectivity index (χ0n) is 14.0. The van der Waals surface area contributed by atoms with E-state index in [0.29, 0.717) is 23.1 Å². The summed E-state index contributed by atoms with van der Waals surface area (Å²) in [4.78, 5) is 14.1. The van der Waals surface area contributed by atoms with E-state index >= 15 is 0 Å². The molecule has 0 radical (unpaired) electrons. The van der Waals surface area contributed by atoms with E-state index in [1.165, 1.54) is 0 Å². The number of carbonyl (C=O) groups is 1. The number of methoxy groups -OCH3 is 2. The van der Waals surface area contributed by atoms with Crippen LogP contribution in [0.5, 0.6) is 11.5 Å². The number of benzene rings is 2. The Bertz CT molecular complexity index is 775. The predicted octanol–water partition coefficient (Wildman–Crippen LogP) is 3.85. The highest BCUT2D eigenvalue weighted by Crippen LogP contribution is 2.42. The van der Waals surface area contributed by atoms with Crippen LogP contribution in [0.3, 0.4) is 0 Å². The van der Waals surface area contributed by atoms with Gasteiger partial charge < -0.3 is 14.4 Å². The minimum Gasteiger partial charge on any atom is -0.493 e. The number of carbonyl (C=O) groups excluding carboxylic acids is 1. The Morgan fingerprint density at radius 3 is 2.42 bits per heavy atom. The Morgan fingerprint density at radius 2 is 1.79 bits per heavy atom. The number of rotatable bonds is 3. The molecule has 5 heteroatoms. The van der Waals surface area contributed by atoms with E-state index in [2.05, 4.69) is 0 Å². The van der Waals surface area contributed by atoms with Crippen molar-refractivity contribution in [3.8, 4) is 11.5 Å². The molecule has 1 aliphatic heterocycles. The van der Waals surface area contributed by atoms with Gasteiger partial charge in [-0.15, -0.1) is 0 Å². The quantitative estimate of drug-likeness (QED) is 0.848. The summed E-state index contributed by atoms with van der Waals surface area (Å²) in [7, 11) is 3.24. The number of hydrogen-bond acceptors (Lipinski definition) is 3. The molecule has 1 heterocycles. The van der Waals surface area contributed by atoms with Gasteiger partial charge in [-0.1, -0.05) is 29.8 Å². The molecule has 0 fully saturated rings. The minimum absolute atomic E-state index is 0.0281. The molecular weight excluding hydrogens is 326 g/mol. The lowest BCUT2D eigenvalue weighted by molar-refractivity contribution is -0.130. The molecule has 1 unspecified atom stereocenters. The SMILES string of the molecule is COc1cc2c(cc1OC)C(c1ccccc1Cl)N(C(C)=O)CC2. The van der Waals surface area contributed by atoms with Gasteiger partial charge in [0.05, 0.1) is 20.3 Å². The highest BCUT2D eigenvalue weighted by Gasteiger charge is 2.32. The highest BCUT2D eigenvalue weighted by molar-refractivity contribution is 6.31. The Balaban J connectivity index is 2.21. The van der Waals surface area contributed by atoms with Crippen LogP contribution < -0.4 is 9.47 Å². The van der Waals surface area contributed by atoms with Crippen molar-refractivity contribution in [2.75, 3.05) is 20.8 Å². The van der Waals surface area contributed by atoms with Crippen LogP contribution in [0.1, 0.15) is 29.7 Å². The topological polar surface area (TPSA) is 38.8 Å². The van der Waals surface area contributed by atoms with Crippen molar-refractivity contribution in [2.24, 2.45) is 0 Å². The number of hydrogen-bond donors (Lipinski definition) is 0. The first-order chi connectivity index (χ1) is 11.6. The van der Waals surface area contributed by atoms with Crippen molar-refractivity contribution in [1.82, 2.24) is 4.90 Å². The molecular formula is C19H20ClNO3. The molecule has 1 atom stereocenters. The lowest BCUT2D eigenvalue weighted by Crippen LogP contribution is -2.39. The second-order valence-electron chi connectivity index (χ2n) is 5.79. The van der Waals surface area contributed by atoms with Crippen molar-refractivity contribution in [1.29, 1.82) is 0 Å². The normalized spacial score (nSPS) is 16.5. The van der Waals surface area contributed by atoms with Crippen molar-refractivity contribution in [2.45, 2.75) is 19.4 Å². The van der Waals surface area contributed by atoms with Gasteiger partial charge in [-0.3, -0.25) is 4.79 Å². The molecule has 0 spiro atoms. The summed E-state index contributed by atoms with van der Waals surface area (Å²) < 4.78 is 10.9. The maximum absolute atomic E-state index is 12.2. The highest BCUT2D eigenvalue weighted by atomic mass is 35.5. The van der Waals surface area contributed by atoms with Gasteiger partial charge in [0.25, 0.3) is 0 Å². The van der Waals surface area contributed by atoms with Gasteiger partial charge in [0, 0.05) is 18.5 Å². The summed E-state index contributed by atoms with van der Waals surface area (Å²) in [6.45, 7) is 2.24. The Morgan fingerprint density at radius 1 is 1.12 bits per heavy atom. The Hall–Kier alpha value is -2.20. The van der Waals surface area contributed by atoms with Crippen LogP contribution in [-0.4, -0.2) is 31.6 Å². The van der Waals surface area contributed by atoms with Crippen molar-refractivity contribution < 1.29 is 14.3 Å². The van der Waals surface area contributed by atoms with Crippen LogP contribution in [-0.2, 0) is 11.2 Å². The van der Waals surface area contributed by atoms with Crippen LogP contribution in [0, 0.1) is 0 Å². The van der Waals surface area contributed by atoms with Gasteiger partial charge in [-0.2, -0.15) is 0 Å². The molecule has 0 aromatic heterocycles. The maximum atomic E-state index is 12.2. The maximum Gasteiger partial charge on any atom is 0.220 e. The second-order valence-corrected chi connectivity index (χ2v) is 6.20. The molecule has 3 rings (SSSR count). The molecule has 2 aromatic carbocycles. The smallest absolute Gasteiger partial charge is 0.220 e. The van der Waals surface area contributed by atoms with Gasteiger partial charge in [-0.25, -0.2) is 0 Å². The van der Waals surface area contributed by atoms with E-state index in [4.69, 9.17) is 21.1 Å². The molecule has 1 aliphatic rings. The number of nitrogens with zero attached hydrogens (tertiary/aromatic N) is 1. The van der Waals surface area contributed by atoms with E-state index in [-0.39, 0.29) is 11.9 Å². The van der Waals surface area contributed by atoms with Crippen LogP contribution in [0.15, 0.2) is 36.4 Å². The first-order valence-electron chi connectivity index (χ1n) is 7.83. The van der Waals surface area contributed by atoms with Crippen molar-refractivity contribution >= 4 is 17.5 Å². The fourth-order valence-electron chi connectivity index (χ4n) is 3.32. The average Bonchev–Trinajstić information content (AvgIpc) is 2.59. The van der Waals surface area contributed by atoms with Crippen LogP contribution >= 0.6 is 11.6 Å². The van der Waals surface area contributed by atoms with Crippen LogP contribution in [0.4, 0.5) is 0 Å². The predicted molar refractivity (Wildman–Crippen MR) is 93.9 cm³/mol. The minimum atomic E-state index is -0.222. The van der Waals surface area contributed by atoms with Gasteiger partial charge in [0.1, 0.15) is 0 Å². The molecule has 0 aliphatic carbocycles. The molecule has 0 N–H and O–H groups in total. The molecule has 2 aromatic rings. The number of amides is 1. The lowest BCUT2D eigenvalue weighted by atomic mass is 9.87. The summed E-state index contributed by atoms with van der Waals surface area (Å²) in [6.07, 6.45) is 0.774. The number of halogens is 1. The summed E-state index contributed by atoms with van der Waals surface area (Å²) in [5.74, 6) is 1.38. The third-order valence-electron chi connectivity index (χ3n) is 4.48. The average molecular weight is 346 g/mol. The van der Waals surface area contributed by atoms with E-state index in [9.17, 15) is 4.79 Å². The van der Waals surface area contributed by atoms with Gasteiger partial charge in [-0.05, 0) is 41.3 Å². The van der Waals surface area contributed by atoms with Gasteiger partial charge in [0.2, 0.25) is 5.91 Å². The first-order valence-corrected chi connectivity index (χ1v) is 8.21. The van der Waals surface area contributed by atoms with E-state index < -0.39 is 0 Å². The van der Waals surface area contributed by atoms with E-state index in [1.807, 2.05) is 41.3 Å². The molecule has 0 saturated heterocycles. The summed E-state index contributed by atoms with van der Waals surface area (Å²) >= 11 is 6.43. The molecule has 24 heavy (non-hydrogen) atoms. The molecule has 126 valence electrons. The number of ether oxygens (including phenoxy) is 2. The molecule has 0 bridgehead atoms. The van der Waals surface area contributed by atoms with Gasteiger partial charge in [0.15, 0.2) is 11.5 Å². The zero-order valence-corrected chi connectivity index (χ0v) is 14.8. The largest absolute Gasteiger partial charge is 0.493 e. The van der Waals surface area contributed by atoms with E-state index in [0.717, 1.165) is 23.1 Å². The molecule has 1 amide bonds. The fourth-order valence-corrected chi connectivity index (χ4v) is 3.56. The molecule has 0 saturated carbocycles. The fraction of sp³-hybridized carbons (Fsp3) is 0.316. The standard InChI is InChI=1S/C19H20ClNO3/c1-12(22)21-9-8-13-10-17(23-2)18(24-3)11-15(13)19(21)14-6-4-5-7-16(14)20/h4-7,10-11,19H,8-9H2,1-3H3. The van der Waals surface area contributed by atoms with E-state index in [1.54, 1.807) is 21.1 Å². The summed E-state index contributed by atoms with van der Waals surface area (Å²) in [6, 6.07) is 11.4. The third kappa shape index (κ3) is 2.82. The van der Waals surface area contributed by atoms with Crippen molar-refractivity contribution in [3.05, 3.63) is 58.1 Å². The molecule has 4 nitrogen and oxygen atoms in total. The second kappa shape index (κ2) is 6.73. The summed E-state index contributed by atoms with van der Waals surface area (Å²) in [5, 5.41) is 0.649. The first kappa shape index (κ1) is 16.7. The van der Waals surface area contributed by atoms with Gasteiger partial charge >= 0.3 is 0 Å². The lowest BCUT2D eigenvalue weighted by Gasteiger charge is -2.38. The Labute approximate surface area is 146 Å². The zero-order chi connectivity index (χ0) is 17.3. The summed E-state index contributed by atoms with van der Waals surface area (Å²) in [5.41, 5.74) is 3.10. The monoisotopic (exact) mass is 345 g/mol. The van der Waals surface area contributed by atoms with Crippen LogP contribution in [0.25, 0.3) is 0 Å². The Kier molecular flexibility index (Phi) is 4.67. The third-order valence-corrected chi connectivity index (χ3v) is 4.82. The number of fused-ring (bicyclic) bond motifs is 1. The van der Waals surface area contributed by atoms with Crippen molar-refractivity contribution in [3.63, 3.8) is 0 Å².